The van der Waals surface area contributed by atoms with Crippen LogP contribution in [0.25, 0.3) is 0 Å². The summed E-state index contributed by atoms with van der Waals surface area (Å²) in [4.78, 5) is 37.9. The number of imide groups is 1. The normalized spacial score (nSPS) is 17.4. The molecule has 2 aromatic carbocycles. The van der Waals surface area contributed by atoms with E-state index in [2.05, 4.69) is 24.5 Å². The van der Waals surface area contributed by atoms with Crippen LogP contribution in [-0.4, -0.2) is 35.3 Å². The first-order valence-corrected chi connectivity index (χ1v) is 9.53. The second-order valence-electron chi connectivity index (χ2n) is 7.10. The first kappa shape index (κ1) is 19.6. The smallest absolute Gasteiger partial charge is 0.325 e. The van der Waals surface area contributed by atoms with Gasteiger partial charge in [0.2, 0.25) is 5.91 Å². The van der Waals surface area contributed by atoms with E-state index in [1.54, 1.807) is 0 Å². The SMILES string of the molecule is CCC(C)c1ccc(NC(=O)CN2C(=O)NC(Cc3ccccc3)C2=O)cc1. The number of urea groups is 1. The number of hydrogen-bond acceptors (Lipinski definition) is 3. The van der Waals surface area contributed by atoms with Crippen LogP contribution in [0.5, 0.6) is 0 Å². The number of carbonyl (C=O) groups excluding carboxylic acids is 3. The summed E-state index contributed by atoms with van der Waals surface area (Å²) in [5.74, 6) is -0.325. The van der Waals surface area contributed by atoms with Gasteiger partial charge in [-0.2, -0.15) is 0 Å². The van der Waals surface area contributed by atoms with Gasteiger partial charge in [0.15, 0.2) is 0 Å². The predicted molar refractivity (Wildman–Crippen MR) is 108 cm³/mol. The van der Waals surface area contributed by atoms with Gasteiger partial charge in [0, 0.05) is 12.1 Å². The molecular formula is C22H25N3O3. The van der Waals surface area contributed by atoms with Crippen molar-refractivity contribution in [3.8, 4) is 0 Å². The van der Waals surface area contributed by atoms with E-state index >= 15 is 0 Å². The number of nitrogens with one attached hydrogen (secondary N) is 2. The van der Waals surface area contributed by atoms with E-state index in [9.17, 15) is 14.4 Å². The van der Waals surface area contributed by atoms with Crippen molar-refractivity contribution in [3.05, 3.63) is 65.7 Å². The van der Waals surface area contributed by atoms with Crippen molar-refractivity contribution in [2.75, 3.05) is 11.9 Å². The molecule has 0 spiro atoms. The quantitative estimate of drug-likeness (QED) is 0.725. The van der Waals surface area contributed by atoms with Crippen molar-refractivity contribution in [1.29, 1.82) is 0 Å². The van der Waals surface area contributed by atoms with Crippen molar-refractivity contribution >= 4 is 23.5 Å². The zero-order chi connectivity index (χ0) is 20.1. The summed E-state index contributed by atoms with van der Waals surface area (Å²) >= 11 is 0. The van der Waals surface area contributed by atoms with E-state index in [0.29, 0.717) is 18.0 Å². The highest BCUT2D eigenvalue weighted by atomic mass is 16.2. The molecule has 1 aliphatic heterocycles. The van der Waals surface area contributed by atoms with Gasteiger partial charge in [-0.3, -0.25) is 14.5 Å². The van der Waals surface area contributed by atoms with Gasteiger partial charge in [-0.1, -0.05) is 56.3 Å². The summed E-state index contributed by atoms with van der Waals surface area (Å²) in [7, 11) is 0. The van der Waals surface area contributed by atoms with Gasteiger partial charge in [-0.25, -0.2) is 4.79 Å². The topological polar surface area (TPSA) is 78.5 Å². The highest BCUT2D eigenvalue weighted by molar-refractivity contribution is 6.08. The van der Waals surface area contributed by atoms with E-state index in [1.165, 1.54) is 5.56 Å². The Morgan fingerprint density at radius 3 is 2.43 bits per heavy atom. The number of hydrogen-bond donors (Lipinski definition) is 2. The van der Waals surface area contributed by atoms with Crippen LogP contribution in [0.3, 0.4) is 0 Å². The Morgan fingerprint density at radius 1 is 1.11 bits per heavy atom. The summed E-state index contributed by atoms with van der Waals surface area (Å²) < 4.78 is 0. The molecule has 0 bridgehead atoms. The van der Waals surface area contributed by atoms with Crippen molar-refractivity contribution in [3.63, 3.8) is 0 Å². The maximum Gasteiger partial charge on any atom is 0.325 e. The molecule has 1 fully saturated rings. The molecule has 0 aliphatic carbocycles. The lowest BCUT2D eigenvalue weighted by molar-refractivity contribution is -0.130. The summed E-state index contributed by atoms with van der Waals surface area (Å²) in [6, 6.07) is 15.9. The number of rotatable bonds is 7. The molecule has 0 saturated carbocycles. The third-order valence-electron chi connectivity index (χ3n) is 5.07. The van der Waals surface area contributed by atoms with Crippen LogP contribution >= 0.6 is 0 Å². The average Bonchev–Trinajstić information content (AvgIpc) is 2.96. The molecular weight excluding hydrogens is 354 g/mol. The molecule has 28 heavy (non-hydrogen) atoms. The molecule has 3 rings (SSSR count). The highest BCUT2D eigenvalue weighted by Crippen LogP contribution is 2.20. The van der Waals surface area contributed by atoms with Crippen LogP contribution in [0.4, 0.5) is 10.5 Å². The Kier molecular flexibility index (Phi) is 6.09. The summed E-state index contributed by atoms with van der Waals surface area (Å²) in [6.45, 7) is 3.98. The Hall–Kier alpha value is -3.15. The van der Waals surface area contributed by atoms with Crippen molar-refractivity contribution < 1.29 is 14.4 Å². The Bertz CT molecular complexity index is 849. The fraction of sp³-hybridized carbons (Fsp3) is 0.318. The number of benzene rings is 2. The predicted octanol–water partition coefficient (Wildman–Crippen LogP) is 3.30. The lowest BCUT2D eigenvalue weighted by Crippen LogP contribution is -2.38. The molecule has 1 aliphatic rings. The van der Waals surface area contributed by atoms with E-state index < -0.39 is 18.0 Å². The number of nitrogens with zero attached hydrogens (tertiary/aromatic N) is 1. The molecule has 1 heterocycles. The second kappa shape index (κ2) is 8.69. The van der Waals surface area contributed by atoms with Gasteiger partial charge >= 0.3 is 6.03 Å². The van der Waals surface area contributed by atoms with E-state index in [4.69, 9.17) is 0 Å². The van der Waals surface area contributed by atoms with E-state index in [-0.39, 0.29) is 12.5 Å². The van der Waals surface area contributed by atoms with Crippen LogP contribution in [0.1, 0.15) is 37.3 Å². The van der Waals surface area contributed by atoms with Crippen LogP contribution in [0, 0.1) is 0 Å². The molecule has 4 amide bonds. The van der Waals surface area contributed by atoms with Gasteiger partial charge < -0.3 is 10.6 Å². The Balaban J connectivity index is 1.57. The van der Waals surface area contributed by atoms with Gasteiger partial charge in [0.05, 0.1) is 0 Å². The molecule has 1 saturated heterocycles. The molecule has 6 nitrogen and oxygen atoms in total. The number of amides is 4. The summed E-state index contributed by atoms with van der Waals surface area (Å²) in [5, 5.41) is 5.40. The van der Waals surface area contributed by atoms with Crippen LogP contribution in [0.15, 0.2) is 54.6 Å². The van der Waals surface area contributed by atoms with Crippen LogP contribution in [-0.2, 0) is 16.0 Å². The second-order valence-corrected chi connectivity index (χ2v) is 7.10. The molecule has 2 unspecified atom stereocenters. The number of anilines is 1. The molecule has 2 N–H and O–H groups in total. The first-order valence-electron chi connectivity index (χ1n) is 9.53. The zero-order valence-corrected chi connectivity index (χ0v) is 16.1. The molecule has 0 radical (unpaired) electrons. The van der Waals surface area contributed by atoms with Gasteiger partial charge in [0.25, 0.3) is 5.91 Å². The van der Waals surface area contributed by atoms with Crippen LogP contribution < -0.4 is 10.6 Å². The Labute approximate surface area is 164 Å². The minimum atomic E-state index is -0.641. The maximum absolute atomic E-state index is 12.5. The van der Waals surface area contributed by atoms with Crippen molar-refractivity contribution in [1.82, 2.24) is 10.2 Å². The summed E-state index contributed by atoms with van der Waals surface area (Å²) in [6.07, 6.45) is 1.45. The maximum atomic E-state index is 12.5. The molecule has 2 aromatic rings. The largest absolute Gasteiger partial charge is 0.325 e. The fourth-order valence-electron chi connectivity index (χ4n) is 3.19. The van der Waals surface area contributed by atoms with Crippen LogP contribution in [0.2, 0.25) is 0 Å². The molecule has 0 aromatic heterocycles. The molecule has 2 atom stereocenters. The standard InChI is InChI=1S/C22H25N3O3/c1-3-15(2)17-9-11-18(12-10-17)23-20(26)14-25-21(27)19(24-22(25)28)13-16-7-5-4-6-8-16/h4-12,15,19H,3,13-14H2,1-2H3,(H,23,26)(H,24,28). The summed E-state index contributed by atoms with van der Waals surface area (Å²) in [5.41, 5.74) is 2.80. The van der Waals surface area contributed by atoms with E-state index in [0.717, 1.165) is 16.9 Å². The van der Waals surface area contributed by atoms with E-state index in [1.807, 2.05) is 54.6 Å². The molecule has 6 heteroatoms. The first-order chi connectivity index (χ1) is 13.5. The lowest BCUT2D eigenvalue weighted by Gasteiger charge is -2.14. The Morgan fingerprint density at radius 2 is 1.79 bits per heavy atom. The van der Waals surface area contributed by atoms with Gasteiger partial charge in [-0.15, -0.1) is 0 Å². The fourth-order valence-corrected chi connectivity index (χ4v) is 3.19. The minimum absolute atomic E-state index is 0.303. The number of carbonyl (C=O) groups is 3. The van der Waals surface area contributed by atoms with Gasteiger partial charge in [0.1, 0.15) is 12.6 Å². The van der Waals surface area contributed by atoms with Gasteiger partial charge in [-0.05, 0) is 35.6 Å². The van der Waals surface area contributed by atoms with Crippen molar-refractivity contribution in [2.45, 2.75) is 38.6 Å². The molecule has 146 valence electrons. The minimum Gasteiger partial charge on any atom is -0.325 e. The zero-order valence-electron chi connectivity index (χ0n) is 16.1. The third kappa shape index (κ3) is 4.57. The highest BCUT2D eigenvalue weighted by Gasteiger charge is 2.38. The third-order valence-corrected chi connectivity index (χ3v) is 5.07. The van der Waals surface area contributed by atoms with Crippen molar-refractivity contribution in [2.24, 2.45) is 0 Å². The average molecular weight is 379 g/mol. The lowest BCUT2D eigenvalue weighted by atomic mass is 9.99. The monoisotopic (exact) mass is 379 g/mol.